The van der Waals surface area contributed by atoms with E-state index in [2.05, 4.69) is 15.4 Å². The summed E-state index contributed by atoms with van der Waals surface area (Å²) < 4.78 is 5.04. The van der Waals surface area contributed by atoms with Crippen molar-refractivity contribution in [1.82, 2.24) is 20.3 Å². The van der Waals surface area contributed by atoms with Crippen LogP contribution in [-0.2, 0) is 0 Å². The van der Waals surface area contributed by atoms with Gasteiger partial charge in [0.1, 0.15) is 11.3 Å². The van der Waals surface area contributed by atoms with Crippen molar-refractivity contribution in [3.8, 4) is 0 Å². The highest BCUT2D eigenvalue weighted by molar-refractivity contribution is 5.95. The van der Waals surface area contributed by atoms with Crippen LogP contribution in [0.4, 0.5) is 0 Å². The number of hydrogen-bond donors (Lipinski definition) is 1. The number of nitrogens with one attached hydrogen (secondary N) is 1. The van der Waals surface area contributed by atoms with Gasteiger partial charge in [-0.1, -0.05) is 5.16 Å². The number of aryl methyl sites for hydroxylation is 2. The van der Waals surface area contributed by atoms with Crippen molar-refractivity contribution in [3.05, 3.63) is 17.0 Å². The molecule has 0 aliphatic carbocycles. The molecule has 106 valence electrons. The van der Waals surface area contributed by atoms with Gasteiger partial charge in [0, 0.05) is 46.3 Å². The number of aromatic nitrogens is 1. The van der Waals surface area contributed by atoms with E-state index in [1.165, 1.54) is 0 Å². The highest BCUT2D eigenvalue weighted by Crippen LogP contribution is 2.14. The number of likely N-dealkylation sites (N-methyl/N-ethyl adjacent to an activating group) is 1. The van der Waals surface area contributed by atoms with E-state index in [1.807, 2.05) is 7.05 Å². The molecule has 1 aliphatic rings. The molecule has 1 amide bonds. The Bertz CT molecular complexity index is 418. The van der Waals surface area contributed by atoms with Crippen LogP contribution in [0.5, 0.6) is 0 Å². The summed E-state index contributed by atoms with van der Waals surface area (Å²) in [5.74, 6) is 0.586. The van der Waals surface area contributed by atoms with Gasteiger partial charge >= 0.3 is 0 Å². The quantitative estimate of drug-likeness (QED) is 0.847. The molecule has 0 saturated carbocycles. The molecule has 0 unspecified atom stereocenters. The molecule has 19 heavy (non-hydrogen) atoms. The molecule has 0 atom stereocenters. The van der Waals surface area contributed by atoms with Gasteiger partial charge < -0.3 is 14.7 Å². The SMILES string of the molecule is Cc1noc(C)c1C(=O)N(C)CCN1CCNCC1. The predicted octanol–water partition coefficient (Wildman–Crippen LogP) is 0.269. The number of nitrogens with zero attached hydrogens (tertiary/aromatic N) is 3. The molecule has 6 nitrogen and oxygen atoms in total. The molecule has 1 fully saturated rings. The summed E-state index contributed by atoms with van der Waals surface area (Å²) in [5, 5.41) is 7.15. The van der Waals surface area contributed by atoms with E-state index in [4.69, 9.17) is 4.52 Å². The fourth-order valence-electron chi connectivity index (χ4n) is 2.31. The van der Waals surface area contributed by atoms with Gasteiger partial charge in [0.05, 0.1) is 5.69 Å². The molecular formula is C13H22N4O2. The van der Waals surface area contributed by atoms with E-state index >= 15 is 0 Å². The van der Waals surface area contributed by atoms with Gasteiger partial charge in [-0.05, 0) is 13.8 Å². The number of hydrogen-bond acceptors (Lipinski definition) is 5. The van der Waals surface area contributed by atoms with Gasteiger partial charge in [-0.15, -0.1) is 0 Å². The second-order valence-electron chi connectivity index (χ2n) is 5.02. The molecule has 2 heterocycles. The van der Waals surface area contributed by atoms with Crippen LogP contribution in [0.25, 0.3) is 0 Å². The lowest BCUT2D eigenvalue weighted by Gasteiger charge is -2.29. The van der Waals surface area contributed by atoms with Crippen LogP contribution in [-0.4, -0.2) is 67.2 Å². The average Bonchev–Trinajstić information content (AvgIpc) is 2.76. The lowest BCUT2D eigenvalue weighted by Crippen LogP contribution is -2.46. The molecule has 2 rings (SSSR count). The maximum absolute atomic E-state index is 12.3. The summed E-state index contributed by atoms with van der Waals surface area (Å²) in [6, 6.07) is 0. The second-order valence-corrected chi connectivity index (χ2v) is 5.02. The minimum atomic E-state index is -0.00798. The summed E-state index contributed by atoms with van der Waals surface area (Å²) in [5.41, 5.74) is 1.26. The van der Waals surface area contributed by atoms with E-state index in [-0.39, 0.29) is 5.91 Å². The monoisotopic (exact) mass is 266 g/mol. The Hall–Kier alpha value is -1.40. The molecule has 1 N–H and O–H groups in total. The smallest absolute Gasteiger partial charge is 0.259 e. The van der Waals surface area contributed by atoms with Gasteiger partial charge in [0.15, 0.2) is 0 Å². The van der Waals surface area contributed by atoms with Crippen molar-refractivity contribution in [3.63, 3.8) is 0 Å². The molecule has 0 radical (unpaired) electrons. The minimum Gasteiger partial charge on any atom is -0.361 e. The van der Waals surface area contributed by atoms with Crippen LogP contribution in [0.15, 0.2) is 4.52 Å². The summed E-state index contributed by atoms with van der Waals surface area (Å²) >= 11 is 0. The molecule has 6 heteroatoms. The Balaban J connectivity index is 1.89. The van der Waals surface area contributed by atoms with Gasteiger partial charge in [-0.2, -0.15) is 0 Å². The van der Waals surface area contributed by atoms with E-state index < -0.39 is 0 Å². The molecule has 0 spiro atoms. The molecule has 1 aromatic heterocycles. The number of carbonyl (C=O) groups is 1. The van der Waals surface area contributed by atoms with Crippen LogP contribution in [0.3, 0.4) is 0 Å². The largest absolute Gasteiger partial charge is 0.361 e. The molecular weight excluding hydrogens is 244 g/mol. The maximum Gasteiger partial charge on any atom is 0.259 e. The number of piperazine rings is 1. The normalized spacial score (nSPS) is 16.6. The number of amides is 1. The third kappa shape index (κ3) is 3.33. The van der Waals surface area contributed by atoms with Crippen LogP contribution in [0, 0.1) is 13.8 Å². The van der Waals surface area contributed by atoms with Gasteiger partial charge in [-0.25, -0.2) is 0 Å². The lowest BCUT2D eigenvalue weighted by atomic mass is 10.2. The number of rotatable bonds is 4. The van der Waals surface area contributed by atoms with Crippen molar-refractivity contribution >= 4 is 5.91 Å². The van der Waals surface area contributed by atoms with Crippen molar-refractivity contribution in [2.45, 2.75) is 13.8 Å². The first kappa shape index (κ1) is 14.0. The van der Waals surface area contributed by atoms with Crippen molar-refractivity contribution < 1.29 is 9.32 Å². The molecule has 0 bridgehead atoms. The summed E-state index contributed by atoms with van der Waals surface area (Å²) in [6.45, 7) is 9.37. The third-order valence-electron chi connectivity index (χ3n) is 3.56. The second kappa shape index (κ2) is 6.16. The fraction of sp³-hybridized carbons (Fsp3) is 0.692. The van der Waals surface area contributed by atoms with Crippen molar-refractivity contribution in [2.75, 3.05) is 46.3 Å². The summed E-state index contributed by atoms with van der Waals surface area (Å²) in [7, 11) is 1.83. The lowest BCUT2D eigenvalue weighted by molar-refractivity contribution is 0.0772. The average molecular weight is 266 g/mol. The molecule has 1 saturated heterocycles. The van der Waals surface area contributed by atoms with E-state index in [1.54, 1.807) is 18.7 Å². The zero-order chi connectivity index (χ0) is 13.8. The van der Waals surface area contributed by atoms with Crippen molar-refractivity contribution in [1.29, 1.82) is 0 Å². The maximum atomic E-state index is 12.3. The first-order chi connectivity index (χ1) is 9.09. The summed E-state index contributed by atoms with van der Waals surface area (Å²) in [6.07, 6.45) is 0. The first-order valence-electron chi connectivity index (χ1n) is 6.71. The minimum absolute atomic E-state index is 0.00798. The predicted molar refractivity (Wildman–Crippen MR) is 72.2 cm³/mol. The Morgan fingerprint density at radius 3 is 2.68 bits per heavy atom. The zero-order valence-electron chi connectivity index (χ0n) is 11.9. The number of carbonyl (C=O) groups excluding carboxylic acids is 1. The van der Waals surface area contributed by atoms with Crippen LogP contribution < -0.4 is 5.32 Å². The van der Waals surface area contributed by atoms with Crippen LogP contribution >= 0.6 is 0 Å². The molecule has 1 aromatic rings. The van der Waals surface area contributed by atoms with E-state index in [0.29, 0.717) is 17.0 Å². The fourth-order valence-corrected chi connectivity index (χ4v) is 2.31. The van der Waals surface area contributed by atoms with Crippen LogP contribution in [0.2, 0.25) is 0 Å². The van der Waals surface area contributed by atoms with E-state index in [0.717, 1.165) is 39.3 Å². The van der Waals surface area contributed by atoms with Gasteiger partial charge in [-0.3, -0.25) is 9.69 Å². The highest BCUT2D eigenvalue weighted by atomic mass is 16.5. The zero-order valence-corrected chi connectivity index (χ0v) is 11.9. The Morgan fingerprint density at radius 1 is 1.42 bits per heavy atom. The standard InChI is InChI=1S/C13H22N4O2/c1-10-12(11(2)19-15-10)13(18)16(3)8-9-17-6-4-14-5-7-17/h14H,4-9H2,1-3H3. The molecule has 1 aliphatic heterocycles. The Kier molecular flexibility index (Phi) is 4.55. The first-order valence-corrected chi connectivity index (χ1v) is 6.71. The van der Waals surface area contributed by atoms with Gasteiger partial charge in [0.25, 0.3) is 5.91 Å². The summed E-state index contributed by atoms with van der Waals surface area (Å²) in [4.78, 5) is 16.4. The Morgan fingerprint density at radius 2 is 2.11 bits per heavy atom. The van der Waals surface area contributed by atoms with Crippen LogP contribution in [0.1, 0.15) is 21.8 Å². The topological polar surface area (TPSA) is 61.6 Å². The highest BCUT2D eigenvalue weighted by Gasteiger charge is 2.21. The Labute approximate surface area is 113 Å². The van der Waals surface area contributed by atoms with Gasteiger partial charge in [0.2, 0.25) is 0 Å². The molecule has 0 aromatic carbocycles. The van der Waals surface area contributed by atoms with Crippen molar-refractivity contribution in [2.24, 2.45) is 0 Å². The van der Waals surface area contributed by atoms with E-state index in [9.17, 15) is 4.79 Å². The third-order valence-corrected chi connectivity index (χ3v) is 3.56.